The van der Waals surface area contributed by atoms with Gasteiger partial charge in [-0.2, -0.15) is 0 Å². The van der Waals surface area contributed by atoms with E-state index in [1.165, 1.54) is 4.90 Å². The number of nitrogens with one attached hydrogen (secondary N) is 5. The number of aliphatic hydroxyl groups is 1. The number of rotatable bonds is 29. The molecule has 416 valence electrons. The average molecular weight is 1080 g/mol. The lowest BCUT2D eigenvalue weighted by molar-refractivity contribution is -0.197. The molecule has 77 heavy (non-hydrogen) atoms. The van der Waals surface area contributed by atoms with Gasteiger partial charge in [-0.1, -0.05) is 51.1 Å². The molecule has 0 radical (unpaired) electrons. The van der Waals surface area contributed by atoms with Crippen LogP contribution < -0.4 is 32.3 Å². The first kappa shape index (κ1) is 60.9. The van der Waals surface area contributed by atoms with E-state index in [-0.39, 0.29) is 36.9 Å². The molecule has 4 atom stereocenters. The number of benzene rings is 2. The SMILES string of the molecule is CC(C)(C)C(c1cc(-c2cc(F)ccc2F)cn1Cc1ccccc1)N(CCC(NC(=O)C(CC(N)=O)NC(=O)C(CC(=O)O)NC(=O)CCCC(=O)ON1C(=O)CCC1=O)C(=O)NCCC(=O)NCC(=O)O)C(=O)CO. The van der Waals surface area contributed by atoms with Gasteiger partial charge in [-0.15, -0.1) is 5.06 Å². The van der Waals surface area contributed by atoms with Gasteiger partial charge in [-0.3, -0.25) is 52.7 Å². The molecule has 27 heteroatoms. The lowest BCUT2D eigenvalue weighted by atomic mass is 9.82. The highest BCUT2D eigenvalue weighted by molar-refractivity contribution is 6.01. The maximum Gasteiger partial charge on any atom is 0.333 e. The number of primary amides is 1. The van der Waals surface area contributed by atoms with Gasteiger partial charge in [0.15, 0.2) is 0 Å². The summed E-state index contributed by atoms with van der Waals surface area (Å²) in [6.45, 7) is 2.66. The molecule has 1 aromatic heterocycles. The van der Waals surface area contributed by atoms with E-state index in [4.69, 9.17) is 15.7 Å². The number of carboxylic acid groups (broad SMARTS) is 2. The van der Waals surface area contributed by atoms with Crippen LogP contribution in [0.25, 0.3) is 11.1 Å². The van der Waals surface area contributed by atoms with E-state index >= 15 is 4.39 Å². The Kier molecular flexibility index (Phi) is 22.4. The Balaban J connectivity index is 1.65. The molecule has 0 saturated carbocycles. The lowest BCUT2D eigenvalue weighted by Crippen LogP contribution is -2.58. The summed E-state index contributed by atoms with van der Waals surface area (Å²) in [6, 6.07) is 6.74. The highest BCUT2D eigenvalue weighted by Gasteiger charge is 2.39. The number of hydrogen-bond acceptors (Lipinski definition) is 14. The van der Waals surface area contributed by atoms with E-state index < -0.39 is 177 Å². The normalized spacial score (nSPS) is 13.8. The number of carboxylic acids is 2. The molecule has 1 fully saturated rings. The fraction of sp³-hybridized carbons (Fsp3) is 0.440. The molecule has 3 aromatic rings. The standard InChI is InChI=1S/C50H61F2N9O16/c1-50(2,3)46(36-20-29(31-21-30(51)12-13-32(31)52)26-59(36)25-28-8-5-4-6-9-28)60(42(68)27-62)19-17-33(47(74)54-18-16-38(64)55-24-44(71)72)57-48(75)34(22-37(53)63)58-49(76)35(23-43(69)70)56-39(65)10-7-11-45(73)77-61-40(66)14-15-41(61)67/h4-6,8-9,12-13,20-21,26,33-35,46,62H,7,10-11,14-19,22-25,27H2,1-3H3,(H2,53,63)(H,54,74)(H,55,64)(H,56,65)(H,57,75)(H,58,76)(H,69,70)(H,71,72). The average Bonchev–Trinajstić information content (AvgIpc) is 3.90. The van der Waals surface area contributed by atoms with Crippen LogP contribution in [0, 0.1) is 17.0 Å². The Labute approximate surface area is 439 Å². The number of aliphatic hydroxyl groups excluding tert-OH is 1. The smallest absolute Gasteiger partial charge is 0.333 e. The number of halogens is 2. The minimum absolute atomic E-state index is 0.108. The number of amides is 9. The van der Waals surface area contributed by atoms with Gasteiger partial charge < -0.3 is 61.9 Å². The number of hydroxylamine groups is 2. The molecule has 1 saturated heterocycles. The van der Waals surface area contributed by atoms with E-state index in [1.807, 2.05) is 12.1 Å². The van der Waals surface area contributed by atoms with Crippen molar-refractivity contribution < 1.29 is 86.5 Å². The number of aliphatic carboxylic acids is 2. The third kappa shape index (κ3) is 18.9. The van der Waals surface area contributed by atoms with E-state index in [0.29, 0.717) is 10.8 Å². The highest BCUT2D eigenvalue weighted by Crippen LogP contribution is 2.41. The second kappa shape index (κ2) is 28.3. The maximum absolute atomic E-state index is 15.3. The van der Waals surface area contributed by atoms with E-state index in [0.717, 1.165) is 23.8 Å². The first-order valence-corrected chi connectivity index (χ1v) is 24.1. The molecule has 2 aromatic carbocycles. The Morgan fingerprint density at radius 1 is 0.766 bits per heavy atom. The largest absolute Gasteiger partial charge is 0.481 e. The van der Waals surface area contributed by atoms with Crippen molar-refractivity contribution in [3.8, 4) is 11.1 Å². The summed E-state index contributed by atoms with van der Waals surface area (Å²) in [5, 5.41) is 40.5. The van der Waals surface area contributed by atoms with E-state index in [1.54, 1.807) is 55.8 Å². The molecular weight excluding hydrogens is 1020 g/mol. The van der Waals surface area contributed by atoms with E-state index in [2.05, 4.69) is 26.6 Å². The number of imide groups is 1. The number of nitrogens with two attached hydrogens (primary N) is 1. The zero-order valence-corrected chi connectivity index (χ0v) is 42.3. The van der Waals surface area contributed by atoms with Crippen LogP contribution in [0.4, 0.5) is 8.78 Å². The van der Waals surface area contributed by atoms with Crippen molar-refractivity contribution in [2.75, 3.05) is 26.2 Å². The van der Waals surface area contributed by atoms with Crippen LogP contribution in [-0.4, -0.2) is 145 Å². The summed E-state index contributed by atoms with van der Waals surface area (Å²) in [6.07, 6.45) is -3.05. The summed E-state index contributed by atoms with van der Waals surface area (Å²) >= 11 is 0. The van der Waals surface area contributed by atoms with Crippen LogP contribution in [-0.2, 0) is 68.9 Å². The molecule has 0 bridgehead atoms. The van der Waals surface area contributed by atoms with Crippen molar-refractivity contribution in [3.63, 3.8) is 0 Å². The highest BCUT2D eigenvalue weighted by atomic mass is 19.1. The third-order valence-corrected chi connectivity index (χ3v) is 11.7. The molecule has 25 nitrogen and oxygen atoms in total. The molecule has 1 aliphatic heterocycles. The first-order chi connectivity index (χ1) is 36.3. The van der Waals surface area contributed by atoms with Crippen molar-refractivity contribution in [2.45, 2.75) is 109 Å². The van der Waals surface area contributed by atoms with Gasteiger partial charge in [0.05, 0.1) is 18.9 Å². The predicted octanol–water partition coefficient (Wildman–Crippen LogP) is 0.0689. The van der Waals surface area contributed by atoms with Gasteiger partial charge in [-0.05, 0) is 48.1 Å². The maximum atomic E-state index is 15.3. The van der Waals surface area contributed by atoms with Crippen LogP contribution in [0.3, 0.4) is 0 Å². The Morgan fingerprint density at radius 2 is 1.40 bits per heavy atom. The Hall–Kier alpha value is -8.62. The van der Waals surface area contributed by atoms with Crippen LogP contribution in [0.2, 0.25) is 0 Å². The van der Waals surface area contributed by atoms with Gasteiger partial charge in [-0.25, -0.2) is 13.6 Å². The Morgan fingerprint density at radius 3 is 2.00 bits per heavy atom. The summed E-state index contributed by atoms with van der Waals surface area (Å²) in [7, 11) is 0. The van der Waals surface area contributed by atoms with Crippen LogP contribution in [0.5, 0.6) is 0 Å². The molecule has 1 aliphatic rings. The number of aromatic nitrogens is 1. The van der Waals surface area contributed by atoms with Gasteiger partial charge >= 0.3 is 17.9 Å². The second-order valence-electron chi connectivity index (χ2n) is 18.8. The fourth-order valence-corrected chi connectivity index (χ4v) is 8.13. The van der Waals surface area contributed by atoms with Crippen molar-refractivity contribution in [1.82, 2.24) is 41.1 Å². The zero-order chi connectivity index (χ0) is 57.1. The molecule has 10 N–H and O–H groups in total. The number of carbonyl (C=O) groups is 12. The third-order valence-electron chi connectivity index (χ3n) is 11.7. The summed E-state index contributed by atoms with van der Waals surface area (Å²) < 4.78 is 31.6. The zero-order valence-electron chi connectivity index (χ0n) is 42.3. The molecular formula is C50H61F2N9O16. The second-order valence-corrected chi connectivity index (χ2v) is 18.8. The predicted molar refractivity (Wildman–Crippen MR) is 262 cm³/mol. The van der Waals surface area contributed by atoms with Crippen LogP contribution >= 0.6 is 0 Å². The molecule has 0 aliphatic carbocycles. The lowest BCUT2D eigenvalue weighted by Gasteiger charge is -2.41. The van der Waals surface area contributed by atoms with Crippen molar-refractivity contribution in [3.05, 3.63) is 83.7 Å². The van der Waals surface area contributed by atoms with Gasteiger partial charge in [0, 0.05) is 74.8 Å². The van der Waals surface area contributed by atoms with Crippen LogP contribution in [0.15, 0.2) is 60.8 Å². The monoisotopic (exact) mass is 1080 g/mol. The van der Waals surface area contributed by atoms with Crippen molar-refractivity contribution >= 4 is 71.1 Å². The minimum Gasteiger partial charge on any atom is -0.481 e. The number of hydrogen-bond donors (Lipinski definition) is 9. The van der Waals surface area contributed by atoms with Crippen LogP contribution in [0.1, 0.15) is 95.9 Å². The molecule has 4 rings (SSSR count). The number of nitrogens with zero attached hydrogens (tertiary/aromatic N) is 3. The summed E-state index contributed by atoms with van der Waals surface area (Å²) in [5.41, 5.74) is 5.72. The topological polar surface area (TPSA) is 372 Å². The Bertz CT molecular complexity index is 2700. The van der Waals surface area contributed by atoms with Crippen molar-refractivity contribution in [1.29, 1.82) is 0 Å². The molecule has 2 heterocycles. The van der Waals surface area contributed by atoms with Gasteiger partial charge in [0.2, 0.25) is 41.4 Å². The number of carbonyl (C=O) groups excluding carboxylic acids is 10. The van der Waals surface area contributed by atoms with Gasteiger partial charge in [0.25, 0.3) is 11.8 Å². The summed E-state index contributed by atoms with van der Waals surface area (Å²) in [5.74, 6) is -14.5. The minimum atomic E-state index is -1.98. The first-order valence-electron chi connectivity index (χ1n) is 24.1. The fourth-order valence-electron chi connectivity index (χ4n) is 8.13. The van der Waals surface area contributed by atoms with Crippen molar-refractivity contribution in [2.24, 2.45) is 11.1 Å². The summed E-state index contributed by atoms with van der Waals surface area (Å²) in [4.78, 5) is 158. The van der Waals surface area contributed by atoms with Gasteiger partial charge in [0.1, 0.15) is 42.9 Å². The molecule has 0 spiro atoms. The van der Waals surface area contributed by atoms with E-state index in [9.17, 15) is 72.1 Å². The quantitative estimate of drug-likeness (QED) is 0.0415. The molecule has 4 unspecified atom stereocenters. The molecule has 9 amide bonds.